The van der Waals surface area contributed by atoms with E-state index in [1.165, 1.54) is 18.4 Å². The van der Waals surface area contributed by atoms with Crippen LogP contribution < -0.4 is 0 Å². The lowest BCUT2D eigenvalue weighted by atomic mass is 9.95. The molecule has 1 atom stereocenters. The highest BCUT2D eigenvalue weighted by atomic mass is 19.1. The Balaban J connectivity index is 1.68. The van der Waals surface area contributed by atoms with Crippen LogP contribution in [-0.2, 0) is 24.1 Å². The van der Waals surface area contributed by atoms with Gasteiger partial charge in [-0.1, -0.05) is 13.0 Å². The number of hydrogen-bond donors (Lipinski definition) is 0. The average molecular weight is 277 g/mol. The van der Waals surface area contributed by atoms with Crippen LogP contribution in [0.5, 0.6) is 0 Å². The topological polar surface area (TPSA) is 12.5 Å². The Labute approximate surface area is 120 Å². The van der Waals surface area contributed by atoms with Crippen LogP contribution >= 0.6 is 0 Å². The molecule has 0 aliphatic carbocycles. The van der Waals surface area contributed by atoms with E-state index in [9.17, 15) is 4.39 Å². The molecule has 0 N–H and O–H groups in total. The summed E-state index contributed by atoms with van der Waals surface area (Å²) in [6.45, 7) is 5.69. The third kappa shape index (κ3) is 3.04. The van der Waals surface area contributed by atoms with Crippen molar-refractivity contribution in [2.75, 3.05) is 19.7 Å². The summed E-state index contributed by atoms with van der Waals surface area (Å²) in [4.78, 5) is 2.35. The van der Waals surface area contributed by atoms with Crippen LogP contribution in [-0.4, -0.2) is 30.7 Å². The van der Waals surface area contributed by atoms with Crippen LogP contribution in [0.4, 0.5) is 4.39 Å². The van der Waals surface area contributed by atoms with Gasteiger partial charge in [0, 0.05) is 31.8 Å². The summed E-state index contributed by atoms with van der Waals surface area (Å²) >= 11 is 0. The number of halogens is 1. The molecule has 0 saturated carbocycles. The van der Waals surface area contributed by atoms with E-state index < -0.39 is 0 Å². The number of ether oxygens (including phenoxy) is 1. The van der Waals surface area contributed by atoms with Gasteiger partial charge in [-0.3, -0.25) is 4.90 Å². The maximum atomic E-state index is 14.2. The smallest absolute Gasteiger partial charge is 0.128 e. The third-order valence-electron chi connectivity index (χ3n) is 4.57. The molecule has 1 aromatic carbocycles. The Morgan fingerprint density at radius 3 is 3.00 bits per heavy atom. The number of nitrogens with zero attached hydrogens (tertiary/aromatic N) is 1. The third-order valence-corrected chi connectivity index (χ3v) is 4.57. The van der Waals surface area contributed by atoms with Crippen molar-refractivity contribution in [3.63, 3.8) is 0 Å². The van der Waals surface area contributed by atoms with Crippen LogP contribution in [0.3, 0.4) is 0 Å². The van der Waals surface area contributed by atoms with E-state index in [0.717, 1.165) is 56.6 Å². The highest BCUT2D eigenvalue weighted by Gasteiger charge is 2.23. The first kappa shape index (κ1) is 14.0. The summed E-state index contributed by atoms with van der Waals surface area (Å²) in [7, 11) is 0. The molecule has 0 aromatic heterocycles. The molecular weight excluding hydrogens is 253 g/mol. The summed E-state index contributed by atoms with van der Waals surface area (Å²) in [5.41, 5.74) is 3.23. The van der Waals surface area contributed by atoms with E-state index in [1.807, 2.05) is 0 Å². The molecule has 20 heavy (non-hydrogen) atoms. The molecule has 1 fully saturated rings. The van der Waals surface area contributed by atoms with Crippen molar-refractivity contribution in [3.05, 3.63) is 34.6 Å². The zero-order chi connectivity index (χ0) is 13.9. The fourth-order valence-corrected chi connectivity index (χ4v) is 3.34. The normalized spacial score (nSPS) is 23.6. The second kappa shape index (κ2) is 6.23. The molecule has 3 heteroatoms. The quantitative estimate of drug-likeness (QED) is 0.840. The fourth-order valence-electron chi connectivity index (χ4n) is 3.34. The van der Waals surface area contributed by atoms with Gasteiger partial charge < -0.3 is 4.74 Å². The molecular formula is C17H24FNO. The van der Waals surface area contributed by atoms with E-state index in [1.54, 1.807) is 6.07 Å². The first-order valence-corrected chi connectivity index (χ1v) is 7.90. The van der Waals surface area contributed by atoms with Crippen molar-refractivity contribution in [1.82, 2.24) is 4.90 Å². The zero-order valence-electron chi connectivity index (χ0n) is 12.3. The minimum atomic E-state index is -0.0198. The maximum Gasteiger partial charge on any atom is 0.128 e. The predicted molar refractivity (Wildman–Crippen MR) is 78.4 cm³/mol. The molecule has 3 rings (SSSR count). The van der Waals surface area contributed by atoms with Crippen LogP contribution in [0.2, 0.25) is 0 Å². The molecule has 2 aliphatic heterocycles. The fraction of sp³-hybridized carbons (Fsp3) is 0.647. The summed E-state index contributed by atoms with van der Waals surface area (Å²) in [6, 6.07) is 3.90. The Morgan fingerprint density at radius 2 is 2.25 bits per heavy atom. The van der Waals surface area contributed by atoms with Gasteiger partial charge in [0.2, 0.25) is 0 Å². The van der Waals surface area contributed by atoms with Gasteiger partial charge in [0.1, 0.15) is 5.82 Å². The lowest BCUT2D eigenvalue weighted by molar-refractivity contribution is -0.00822. The zero-order valence-corrected chi connectivity index (χ0v) is 12.3. The first-order valence-electron chi connectivity index (χ1n) is 7.90. The van der Waals surface area contributed by atoms with Crippen LogP contribution in [0.15, 0.2) is 12.1 Å². The molecule has 0 spiro atoms. The lowest BCUT2D eigenvalue weighted by Crippen LogP contribution is -2.39. The van der Waals surface area contributed by atoms with Gasteiger partial charge in [0.05, 0.1) is 6.10 Å². The van der Waals surface area contributed by atoms with Crippen molar-refractivity contribution in [2.24, 2.45) is 0 Å². The highest BCUT2D eigenvalue weighted by Crippen LogP contribution is 2.25. The lowest BCUT2D eigenvalue weighted by Gasteiger charge is -2.33. The second-order valence-corrected chi connectivity index (χ2v) is 6.04. The van der Waals surface area contributed by atoms with Crippen molar-refractivity contribution < 1.29 is 9.13 Å². The van der Waals surface area contributed by atoms with Gasteiger partial charge in [-0.25, -0.2) is 4.39 Å². The van der Waals surface area contributed by atoms with Gasteiger partial charge in [0.25, 0.3) is 0 Å². The monoisotopic (exact) mass is 277 g/mol. The average Bonchev–Trinajstić information content (AvgIpc) is 2.48. The molecule has 0 amide bonds. The van der Waals surface area contributed by atoms with Crippen LogP contribution in [0, 0.1) is 5.82 Å². The molecule has 1 saturated heterocycles. The van der Waals surface area contributed by atoms with E-state index in [0.29, 0.717) is 6.10 Å². The highest BCUT2D eigenvalue weighted by molar-refractivity contribution is 5.35. The number of aryl methyl sites for hydroxylation is 1. The molecule has 2 heterocycles. The Bertz CT molecular complexity index is 468. The van der Waals surface area contributed by atoms with Crippen molar-refractivity contribution in [2.45, 2.75) is 51.7 Å². The van der Waals surface area contributed by atoms with Crippen molar-refractivity contribution in [1.29, 1.82) is 0 Å². The first-order chi connectivity index (χ1) is 9.76. The molecule has 1 aromatic rings. The minimum Gasteiger partial charge on any atom is -0.377 e. The van der Waals surface area contributed by atoms with Crippen molar-refractivity contribution in [3.8, 4) is 0 Å². The number of rotatable bonds is 3. The number of fused-ring (bicyclic) bond motifs is 1. The summed E-state index contributed by atoms with van der Waals surface area (Å²) in [5, 5.41) is 0. The molecule has 2 aliphatic rings. The SMILES string of the molecule is CCc1cc(F)c2c(c1)CCN(CC1CCCCO1)C2. The van der Waals surface area contributed by atoms with E-state index >= 15 is 0 Å². The molecule has 0 bridgehead atoms. The standard InChI is InChI=1S/C17H24FNO/c1-2-13-9-14-6-7-19(12-16(14)17(18)10-13)11-15-5-3-4-8-20-15/h9-10,15H,2-8,11-12H2,1H3. The summed E-state index contributed by atoms with van der Waals surface area (Å²) in [6.07, 6.45) is 5.83. The van der Waals surface area contributed by atoms with Gasteiger partial charge >= 0.3 is 0 Å². The number of hydrogen-bond acceptors (Lipinski definition) is 2. The molecule has 0 radical (unpaired) electrons. The van der Waals surface area contributed by atoms with E-state index in [2.05, 4.69) is 17.9 Å². The maximum absolute atomic E-state index is 14.2. The molecule has 110 valence electrons. The van der Waals surface area contributed by atoms with E-state index in [4.69, 9.17) is 4.74 Å². The van der Waals surface area contributed by atoms with E-state index in [-0.39, 0.29) is 5.82 Å². The largest absolute Gasteiger partial charge is 0.377 e. The van der Waals surface area contributed by atoms with Gasteiger partial charge in [-0.05, 0) is 49.3 Å². The molecule has 1 unspecified atom stereocenters. The summed E-state index contributed by atoms with van der Waals surface area (Å²) < 4.78 is 20.0. The van der Waals surface area contributed by atoms with Crippen LogP contribution in [0.25, 0.3) is 0 Å². The summed E-state index contributed by atoms with van der Waals surface area (Å²) in [5.74, 6) is -0.0198. The van der Waals surface area contributed by atoms with Crippen molar-refractivity contribution >= 4 is 0 Å². The second-order valence-electron chi connectivity index (χ2n) is 6.04. The van der Waals surface area contributed by atoms with Gasteiger partial charge in [0.15, 0.2) is 0 Å². The molecule has 2 nitrogen and oxygen atoms in total. The van der Waals surface area contributed by atoms with Crippen LogP contribution in [0.1, 0.15) is 42.9 Å². The predicted octanol–water partition coefficient (Wildman–Crippen LogP) is 3.32. The minimum absolute atomic E-state index is 0.0198. The van der Waals surface area contributed by atoms with Gasteiger partial charge in [-0.2, -0.15) is 0 Å². The Morgan fingerprint density at radius 1 is 1.35 bits per heavy atom. The van der Waals surface area contributed by atoms with Gasteiger partial charge in [-0.15, -0.1) is 0 Å². The number of benzene rings is 1. The Hall–Kier alpha value is -0.930. The Kier molecular flexibility index (Phi) is 4.37.